The first kappa shape index (κ1) is 17.2. The molecule has 0 aliphatic heterocycles. The lowest BCUT2D eigenvalue weighted by atomic mass is 10.1. The van der Waals surface area contributed by atoms with E-state index in [2.05, 4.69) is 31.5 Å². The van der Waals surface area contributed by atoms with Crippen LogP contribution in [0.15, 0.2) is 77.4 Å². The molecule has 0 bridgehead atoms. The molecule has 0 atom stereocenters. The lowest BCUT2D eigenvalue weighted by molar-refractivity contribution is -0.116. The van der Waals surface area contributed by atoms with Crippen LogP contribution in [-0.4, -0.2) is 10.9 Å². The van der Waals surface area contributed by atoms with Crippen molar-refractivity contribution < 1.29 is 4.79 Å². The Morgan fingerprint density at radius 3 is 2.44 bits per heavy atom. The Labute approximate surface area is 155 Å². The average Bonchev–Trinajstić information content (AvgIpc) is 2.64. The van der Waals surface area contributed by atoms with E-state index >= 15 is 0 Å². The summed E-state index contributed by atoms with van der Waals surface area (Å²) in [5.74, 6) is 0.700. The Bertz CT molecular complexity index is 835. The molecule has 1 amide bonds. The number of amides is 1. The molecular weight excluding hydrogens is 378 g/mol. The van der Waals surface area contributed by atoms with E-state index in [1.54, 1.807) is 6.20 Å². The van der Waals surface area contributed by atoms with Crippen molar-refractivity contribution in [3.63, 3.8) is 0 Å². The van der Waals surface area contributed by atoms with Gasteiger partial charge in [-0.15, -0.1) is 0 Å². The van der Waals surface area contributed by atoms with Crippen LogP contribution in [0.2, 0.25) is 0 Å². The lowest BCUT2D eigenvalue weighted by Crippen LogP contribution is -2.12. The largest absolute Gasteiger partial charge is 0.339 e. The van der Waals surface area contributed by atoms with Gasteiger partial charge in [-0.25, -0.2) is 4.98 Å². The molecule has 4 nitrogen and oxygen atoms in total. The molecule has 0 fully saturated rings. The Balaban J connectivity index is 1.53. The second kappa shape index (κ2) is 8.44. The summed E-state index contributed by atoms with van der Waals surface area (Å²) in [5, 5.41) is 6.10. The zero-order valence-corrected chi connectivity index (χ0v) is 15.2. The number of para-hydroxylation sites is 1. The number of pyridine rings is 1. The predicted octanol–water partition coefficient (Wildman–Crippen LogP) is 5.16. The molecule has 1 heterocycles. The van der Waals surface area contributed by atoms with Crippen LogP contribution < -0.4 is 10.6 Å². The van der Waals surface area contributed by atoms with Crippen LogP contribution in [0.4, 0.5) is 17.2 Å². The zero-order chi connectivity index (χ0) is 17.5. The third kappa shape index (κ3) is 5.16. The van der Waals surface area contributed by atoms with E-state index in [9.17, 15) is 4.79 Å². The number of nitrogens with one attached hydrogen (secondary N) is 2. The first-order valence-electron chi connectivity index (χ1n) is 8.02. The highest BCUT2D eigenvalue weighted by Gasteiger charge is 2.05. The Kier molecular flexibility index (Phi) is 5.80. The van der Waals surface area contributed by atoms with E-state index in [1.807, 2.05) is 66.7 Å². The number of rotatable bonds is 6. The molecule has 2 aromatic carbocycles. The summed E-state index contributed by atoms with van der Waals surface area (Å²) in [6.45, 7) is 0. The van der Waals surface area contributed by atoms with Crippen molar-refractivity contribution in [2.45, 2.75) is 12.8 Å². The predicted molar refractivity (Wildman–Crippen MR) is 105 cm³/mol. The third-order valence-electron chi connectivity index (χ3n) is 3.67. The van der Waals surface area contributed by atoms with Crippen molar-refractivity contribution in [1.82, 2.24) is 4.98 Å². The van der Waals surface area contributed by atoms with Gasteiger partial charge in [0.15, 0.2) is 0 Å². The topological polar surface area (TPSA) is 54.0 Å². The van der Waals surface area contributed by atoms with Crippen molar-refractivity contribution in [1.29, 1.82) is 0 Å². The second-order valence-electron chi connectivity index (χ2n) is 5.57. The summed E-state index contributed by atoms with van der Waals surface area (Å²) >= 11 is 3.49. The molecule has 0 spiro atoms. The summed E-state index contributed by atoms with van der Waals surface area (Å²) in [4.78, 5) is 16.4. The van der Waals surface area contributed by atoms with Crippen LogP contribution >= 0.6 is 15.9 Å². The quantitative estimate of drug-likeness (QED) is 0.605. The Hall–Kier alpha value is -2.66. The molecule has 0 aliphatic rings. The van der Waals surface area contributed by atoms with Gasteiger partial charge in [0, 0.05) is 10.9 Å². The molecule has 3 aromatic rings. The molecule has 5 heteroatoms. The zero-order valence-electron chi connectivity index (χ0n) is 13.6. The highest BCUT2D eigenvalue weighted by molar-refractivity contribution is 9.10. The van der Waals surface area contributed by atoms with Crippen LogP contribution in [0, 0.1) is 0 Å². The van der Waals surface area contributed by atoms with Gasteiger partial charge in [0.1, 0.15) is 5.82 Å². The minimum absolute atomic E-state index is 0.0165. The molecule has 0 radical (unpaired) electrons. The number of benzene rings is 2. The molecular formula is C20H18BrN3O. The molecule has 0 aliphatic carbocycles. The highest BCUT2D eigenvalue weighted by Crippen LogP contribution is 2.24. The summed E-state index contributed by atoms with van der Waals surface area (Å²) in [6.07, 6.45) is 2.82. The molecule has 1 aromatic heterocycles. The standard InChI is InChI=1S/C20H18BrN3O/c21-17-8-4-5-9-18(17)24-19-12-11-16(14-22-19)23-20(25)13-10-15-6-2-1-3-7-15/h1-9,11-12,14H,10,13H2,(H,22,24)(H,23,25). The minimum atomic E-state index is -0.0165. The van der Waals surface area contributed by atoms with Crippen LogP contribution in [-0.2, 0) is 11.2 Å². The van der Waals surface area contributed by atoms with Gasteiger partial charge in [-0.2, -0.15) is 0 Å². The smallest absolute Gasteiger partial charge is 0.224 e. The van der Waals surface area contributed by atoms with E-state index in [0.29, 0.717) is 17.9 Å². The minimum Gasteiger partial charge on any atom is -0.339 e. The number of aryl methyl sites for hydroxylation is 1. The molecule has 2 N–H and O–H groups in total. The third-order valence-corrected chi connectivity index (χ3v) is 4.36. The normalized spacial score (nSPS) is 10.3. The molecule has 3 rings (SSSR count). The number of carbonyl (C=O) groups excluding carboxylic acids is 1. The summed E-state index contributed by atoms with van der Waals surface area (Å²) in [6, 6.07) is 21.5. The van der Waals surface area contributed by atoms with Crippen LogP contribution in [0.5, 0.6) is 0 Å². The Morgan fingerprint density at radius 2 is 1.72 bits per heavy atom. The molecule has 0 unspecified atom stereocenters. The molecule has 0 saturated heterocycles. The van der Waals surface area contributed by atoms with E-state index in [4.69, 9.17) is 0 Å². The SMILES string of the molecule is O=C(CCc1ccccc1)Nc1ccc(Nc2ccccc2Br)nc1. The maximum atomic E-state index is 12.0. The number of aromatic nitrogens is 1. The maximum Gasteiger partial charge on any atom is 0.224 e. The summed E-state index contributed by atoms with van der Waals surface area (Å²) in [5.41, 5.74) is 2.79. The van der Waals surface area contributed by atoms with Gasteiger partial charge in [0.25, 0.3) is 0 Å². The number of hydrogen-bond acceptors (Lipinski definition) is 3. The fourth-order valence-corrected chi connectivity index (χ4v) is 2.75. The van der Waals surface area contributed by atoms with E-state index in [1.165, 1.54) is 0 Å². The number of anilines is 3. The molecule has 0 saturated carbocycles. The van der Waals surface area contributed by atoms with Crippen molar-refractivity contribution in [3.8, 4) is 0 Å². The van der Waals surface area contributed by atoms with Gasteiger partial charge in [-0.1, -0.05) is 42.5 Å². The van der Waals surface area contributed by atoms with Crippen LogP contribution in [0.3, 0.4) is 0 Å². The van der Waals surface area contributed by atoms with Gasteiger partial charge in [-0.3, -0.25) is 4.79 Å². The van der Waals surface area contributed by atoms with Crippen LogP contribution in [0.25, 0.3) is 0 Å². The fraction of sp³-hybridized carbons (Fsp3) is 0.100. The van der Waals surface area contributed by atoms with Gasteiger partial charge >= 0.3 is 0 Å². The fourth-order valence-electron chi connectivity index (χ4n) is 2.37. The highest BCUT2D eigenvalue weighted by atomic mass is 79.9. The van der Waals surface area contributed by atoms with Crippen molar-refractivity contribution >= 4 is 39.0 Å². The molecule has 126 valence electrons. The van der Waals surface area contributed by atoms with Crippen molar-refractivity contribution in [2.75, 3.05) is 10.6 Å². The lowest BCUT2D eigenvalue weighted by Gasteiger charge is -2.09. The molecule has 25 heavy (non-hydrogen) atoms. The first-order valence-corrected chi connectivity index (χ1v) is 8.81. The van der Waals surface area contributed by atoms with Crippen LogP contribution in [0.1, 0.15) is 12.0 Å². The van der Waals surface area contributed by atoms with E-state index < -0.39 is 0 Å². The number of hydrogen-bond donors (Lipinski definition) is 2. The van der Waals surface area contributed by atoms with Gasteiger partial charge in [0.2, 0.25) is 5.91 Å². The second-order valence-corrected chi connectivity index (χ2v) is 6.43. The summed E-state index contributed by atoms with van der Waals surface area (Å²) < 4.78 is 0.968. The van der Waals surface area contributed by atoms with Gasteiger partial charge < -0.3 is 10.6 Å². The number of carbonyl (C=O) groups is 1. The van der Waals surface area contributed by atoms with Crippen molar-refractivity contribution in [2.24, 2.45) is 0 Å². The van der Waals surface area contributed by atoms with Gasteiger partial charge in [-0.05, 0) is 52.2 Å². The van der Waals surface area contributed by atoms with Gasteiger partial charge in [0.05, 0.1) is 17.6 Å². The number of halogens is 1. The average molecular weight is 396 g/mol. The van der Waals surface area contributed by atoms with Crippen molar-refractivity contribution in [3.05, 3.63) is 83.0 Å². The monoisotopic (exact) mass is 395 g/mol. The Morgan fingerprint density at radius 1 is 0.960 bits per heavy atom. The van der Waals surface area contributed by atoms with E-state index in [0.717, 1.165) is 22.1 Å². The first-order chi connectivity index (χ1) is 12.2. The summed E-state index contributed by atoms with van der Waals surface area (Å²) in [7, 11) is 0. The number of nitrogens with zero attached hydrogens (tertiary/aromatic N) is 1. The van der Waals surface area contributed by atoms with E-state index in [-0.39, 0.29) is 5.91 Å². The maximum absolute atomic E-state index is 12.0.